The summed E-state index contributed by atoms with van der Waals surface area (Å²) in [4.78, 5) is 13.4. The molecular formula is C28H38N4O4. The number of carbonyl (C=O) groups is 1. The van der Waals surface area contributed by atoms with Gasteiger partial charge < -0.3 is 19.5 Å². The first-order chi connectivity index (χ1) is 17.1. The number of nitrogens with zero attached hydrogens (tertiary/aromatic N) is 3. The highest BCUT2D eigenvalue weighted by molar-refractivity contribution is 6.04. The molecule has 8 nitrogen and oxygen atoms in total. The lowest BCUT2D eigenvalue weighted by atomic mass is 9.87. The van der Waals surface area contributed by atoms with Crippen molar-refractivity contribution in [3.8, 4) is 22.9 Å². The highest BCUT2D eigenvalue weighted by atomic mass is 16.5. The fourth-order valence-electron chi connectivity index (χ4n) is 3.96. The fraction of sp³-hybridized carbons (Fsp3) is 0.464. The molecule has 1 amide bonds. The summed E-state index contributed by atoms with van der Waals surface area (Å²) in [7, 11) is 3.17. The van der Waals surface area contributed by atoms with Gasteiger partial charge in [0.2, 0.25) is 0 Å². The predicted molar refractivity (Wildman–Crippen MR) is 142 cm³/mol. The lowest BCUT2D eigenvalue weighted by Gasteiger charge is -2.24. The van der Waals surface area contributed by atoms with E-state index in [1.165, 1.54) is 0 Å². The Labute approximate surface area is 214 Å². The Morgan fingerprint density at radius 2 is 1.78 bits per heavy atom. The van der Waals surface area contributed by atoms with Crippen molar-refractivity contribution < 1.29 is 19.0 Å². The number of rotatable bonds is 10. The van der Waals surface area contributed by atoms with Crippen molar-refractivity contribution in [2.24, 2.45) is 0 Å². The van der Waals surface area contributed by atoms with E-state index in [2.05, 4.69) is 56.3 Å². The number of amides is 1. The molecule has 0 bridgehead atoms. The molecule has 3 rings (SSSR count). The summed E-state index contributed by atoms with van der Waals surface area (Å²) in [5, 5.41) is 11.5. The number of methoxy groups -OCH3 is 2. The summed E-state index contributed by atoms with van der Waals surface area (Å²) < 4.78 is 18.7. The van der Waals surface area contributed by atoms with Gasteiger partial charge in [0.15, 0.2) is 5.69 Å². The van der Waals surface area contributed by atoms with E-state index in [1.54, 1.807) is 44.0 Å². The van der Waals surface area contributed by atoms with Gasteiger partial charge in [0.1, 0.15) is 22.9 Å². The second-order valence-electron chi connectivity index (χ2n) is 9.82. The van der Waals surface area contributed by atoms with Crippen molar-refractivity contribution in [3.63, 3.8) is 0 Å². The molecule has 0 fully saturated rings. The summed E-state index contributed by atoms with van der Waals surface area (Å²) in [5.41, 5.74) is 3.04. The Bertz CT molecular complexity index is 1200. The third-order valence-corrected chi connectivity index (χ3v) is 6.18. The molecule has 0 radical (unpaired) electrons. The molecule has 1 aromatic heterocycles. The van der Waals surface area contributed by atoms with Gasteiger partial charge >= 0.3 is 0 Å². The molecule has 1 atom stereocenters. The van der Waals surface area contributed by atoms with Crippen LogP contribution in [0.2, 0.25) is 0 Å². The molecule has 0 spiro atoms. The van der Waals surface area contributed by atoms with Gasteiger partial charge in [-0.2, -0.15) is 0 Å². The molecule has 1 unspecified atom stereocenters. The second kappa shape index (κ2) is 11.5. The van der Waals surface area contributed by atoms with Gasteiger partial charge in [0, 0.05) is 6.07 Å². The average molecular weight is 495 g/mol. The number of hydrogen-bond donors (Lipinski definition) is 1. The first kappa shape index (κ1) is 27.0. The number of nitrogens with one attached hydrogen (secondary N) is 1. The van der Waals surface area contributed by atoms with Crippen LogP contribution in [0.15, 0.2) is 36.4 Å². The van der Waals surface area contributed by atoms with Crippen LogP contribution in [-0.4, -0.2) is 41.2 Å². The second-order valence-corrected chi connectivity index (χ2v) is 9.82. The summed E-state index contributed by atoms with van der Waals surface area (Å²) in [5.74, 6) is 1.52. The number of carbonyl (C=O) groups excluding carboxylic acids is 1. The van der Waals surface area contributed by atoms with E-state index in [1.807, 2.05) is 12.1 Å². The Hall–Kier alpha value is -3.55. The van der Waals surface area contributed by atoms with Crippen molar-refractivity contribution in [2.75, 3.05) is 19.5 Å². The zero-order chi connectivity index (χ0) is 26.5. The van der Waals surface area contributed by atoms with Gasteiger partial charge in [0.25, 0.3) is 5.91 Å². The zero-order valence-corrected chi connectivity index (χ0v) is 22.6. The molecule has 3 aromatic rings. The minimum Gasteiger partial charge on any atom is -0.497 e. The molecule has 0 aliphatic carbocycles. The summed E-state index contributed by atoms with van der Waals surface area (Å²) >= 11 is 0. The van der Waals surface area contributed by atoms with Crippen LogP contribution in [-0.2, 0) is 5.41 Å². The summed E-state index contributed by atoms with van der Waals surface area (Å²) in [6, 6.07) is 11.4. The summed E-state index contributed by atoms with van der Waals surface area (Å²) in [6.07, 6.45) is 2.93. The largest absolute Gasteiger partial charge is 0.497 e. The minimum atomic E-state index is -0.361. The quantitative estimate of drug-likeness (QED) is 0.366. The smallest absolute Gasteiger partial charge is 0.278 e. The van der Waals surface area contributed by atoms with Crippen LogP contribution in [0.4, 0.5) is 5.69 Å². The number of benzene rings is 2. The molecule has 1 N–H and O–H groups in total. The first-order valence-electron chi connectivity index (χ1n) is 12.4. The zero-order valence-electron chi connectivity index (χ0n) is 22.6. The highest BCUT2D eigenvalue weighted by Crippen LogP contribution is 2.34. The third-order valence-electron chi connectivity index (χ3n) is 6.18. The van der Waals surface area contributed by atoms with E-state index in [0.29, 0.717) is 34.3 Å². The normalized spacial score (nSPS) is 12.2. The Morgan fingerprint density at radius 1 is 1.06 bits per heavy atom. The van der Waals surface area contributed by atoms with Crippen LogP contribution < -0.4 is 19.5 Å². The maximum absolute atomic E-state index is 13.4. The monoisotopic (exact) mass is 494 g/mol. The van der Waals surface area contributed by atoms with E-state index in [9.17, 15) is 4.79 Å². The molecule has 0 saturated heterocycles. The number of anilines is 1. The maximum atomic E-state index is 13.4. The maximum Gasteiger partial charge on any atom is 0.278 e. The van der Waals surface area contributed by atoms with Crippen LogP contribution in [0.1, 0.15) is 75.6 Å². The predicted octanol–water partition coefficient (Wildman–Crippen LogP) is 6.10. The van der Waals surface area contributed by atoms with Crippen LogP contribution >= 0.6 is 0 Å². The molecule has 0 aliphatic rings. The standard InChI is InChI=1S/C28H38N4O4/c1-9-11-20(10-2)36-24-14-12-19(28(4,5)6)16-22(24)29-27(33)26-18(3)32(31-30-26)23-17-21(34-7)13-15-25(23)35-8/h12-17,20H,9-11H2,1-8H3,(H,29,33). The highest BCUT2D eigenvalue weighted by Gasteiger charge is 2.23. The molecule has 2 aromatic carbocycles. The van der Waals surface area contributed by atoms with Crippen LogP contribution in [0, 0.1) is 6.92 Å². The fourth-order valence-corrected chi connectivity index (χ4v) is 3.96. The lowest BCUT2D eigenvalue weighted by Crippen LogP contribution is -2.20. The van der Waals surface area contributed by atoms with E-state index < -0.39 is 0 Å². The van der Waals surface area contributed by atoms with Gasteiger partial charge in [-0.1, -0.05) is 52.3 Å². The van der Waals surface area contributed by atoms with Gasteiger partial charge in [-0.25, -0.2) is 4.68 Å². The van der Waals surface area contributed by atoms with Gasteiger partial charge in [0.05, 0.1) is 31.7 Å². The van der Waals surface area contributed by atoms with Crippen LogP contribution in [0.5, 0.6) is 17.2 Å². The van der Waals surface area contributed by atoms with Crippen molar-refractivity contribution in [2.45, 2.75) is 72.3 Å². The minimum absolute atomic E-state index is 0.0780. The van der Waals surface area contributed by atoms with Crippen molar-refractivity contribution >= 4 is 11.6 Å². The Kier molecular flexibility index (Phi) is 8.61. The van der Waals surface area contributed by atoms with Crippen molar-refractivity contribution in [1.29, 1.82) is 0 Å². The van der Waals surface area contributed by atoms with Crippen molar-refractivity contribution in [1.82, 2.24) is 15.0 Å². The van der Waals surface area contributed by atoms with Crippen LogP contribution in [0.25, 0.3) is 5.69 Å². The SMILES string of the molecule is CCCC(CC)Oc1ccc(C(C)(C)C)cc1NC(=O)c1nnn(-c2cc(OC)ccc2OC)c1C. The number of ether oxygens (including phenoxy) is 3. The molecule has 0 saturated carbocycles. The first-order valence-corrected chi connectivity index (χ1v) is 12.4. The molecule has 0 aliphatic heterocycles. The lowest BCUT2D eigenvalue weighted by molar-refractivity contribution is 0.102. The summed E-state index contributed by atoms with van der Waals surface area (Å²) in [6.45, 7) is 12.5. The van der Waals surface area contributed by atoms with E-state index in [0.717, 1.165) is 24.8 Å². The third kappa shape index (κ3) is 5.98. The van der Waals surface area contributed by atoms with Gasteiger partial charge in [-0.05, 0) is 55.0 Å². The molecule has 194 valence electrons. The molecule has 36 heavy (non-hydrogen) atoms. The van der Waals surface area contributed by atoms with Gasteiger partial charge in [-0.3, -0.25) is 4.79 Å². The van der Waals surface area contributed by atoms with E-state index in [-0.39, 0.29) is 23.1 Å². The van der Waals surface area contributed by atoms with Crippen molar-refractivity contribution in [3.05, 3.63) is 53.3 Å². The Balaban J connectivity index is 1.97. The van der Waals surface area contributed by atoms with Crippen LogP contribution in [0.3, 0.4) is 0 Å². The van der Waals surface area contributed by atoms with Gasteiger partial charge in [-0.15, -0.1) is 5.10 Å². The van der Waals surface area contributed by atoms with E-state index in [4.69, 9.17) is 14.2 Å². The molecule has 8 heteroatoms. The average Bonchev–Trinajstić information content (AvgIpc) is 3.24. The molecular weight excluding hydrogens is 456 g/mol. The number of aromatic nitrogens is 3. The van der Waals surface area contributed by atoms with E-state index >= 15 is 0 Å². The Morgan fingerprint density at radius 3 is 2.39 bits per heavy atom. The molecule has 1 heterocycles. The topological polar surface area (TPSA) is 87.5 Å². The number of hydrogen-bond acceptors (Lipinski definition) is 6.